The highest BCUT2D eigenvalue weighted by Gasteiger charge is 2.34. The van der Waals surface area contributed by atoms with Crippen molar-refractivity contribution < 1.29 is 9.57 Å². The maximum absolute atomic E-state index is 6.38. The van der Waals surface area contributed by atoms with Gasteiger partial charge < -0.3 is 9.57 Å². The van der Waals surface area contributed by atoms with Gasteiger partial charge >= 0.3 is 0 Å². The minimum absolute atomic E-state index is 0.132. The van der Waals surface area contributed by atoms with Crippen LogP contribution in [0.2, 0.25) is 0 Å². The first-order valence-electron chi connectivity index (χ1n) is 12.9. The Morgan fingerprint density at radius 2 is 1.72 bits per heavy atom. The van der Waals surface area contributed by atoms with Crippen molar-refractivity contribution >= 4 is 22.1 Å². The lowest BCUT2D eigenvalue weighted by atomic mass is 9.81. The molecule has 0 radical (unpaired) electrons. The molecule has 0 saturated carbocycles. The van der Waals surface area contributed by atoms with E-state index in [1.807, 2.05) is 31.2 Å². The van der Waals surface area contributed by atoms with E-state index in [4.69, 9.17) is 14.6 Å². The van der Waals surface area contributed by atoms with E-state index in [1.165, 1.54) is 5.56 Å². The Balaban J connectivity index is 1.30. The molecule has 4 aromatic carbocycles. The molecule has 190 valence electrons. The molecule has 7 rings (SSSR count). The molecule has 0 amide bonds. The molecule has 0 bridgehead atoms. The van der Waals surface area contributed by atoms with Gasteiger partial charge in [-0.2, -0.15) is 0 Å². The summed E-state index contributed by atoms with van der Waals surface area (Å²) in [4.78, 5) is 15.2. The average molecular weight is 512 g/mol. The highest BCUT2D eigenvalue weighted by molar-refractivity contribution is 5.98. The summed E-state index contributed by atoms with van der Waals surface area (Å²) in [5.74, 6) is 1.72. The van der Waals surface area contributed by atoms with Crippen molar-refractivity contribution in [1.82, 2.24) is 19.6 Å². The van der Waals surface area contributed by atoms with Crippen molar-refractivity contribution in [2.45, 2.75) is 26.4 Å². The molecule has 0 spiro atoms. The van der Waals surface area contributed by atoms with Crippen LogP contribution in [0.25, 0.3) is 16.4 Å². The van der Waals surface area contributed by atoms with E-state index in [-0.39, 0.29) is 12.5 Å². The second-order valence-electron chi connectivity index (χ2n) is 9.72. The van der Waals surface area contributed by atoms with Gasteiger partial charge in [0.25, 0.3) is 0 Å². The topological polar surface area (TPSA) is 73.9 Å². The lowest BCUT2D eigenvalue weighted by Gasteiger charge is -2.29. The Morgan fingerprint density at radius 3 is 2.56 bits per heavy atom. The van der Waals surface area contributed by atoms with E-state index >= 15 is 0 Å². The quantitative estimate of drug-likeness (QED) is 0.187. The molecule has 2 aromatic heterocycles. The number of aryl methyl sites for hydroxylation is 1. The minimum Gasteiger partial charge on any atom is -0.438 e. The van der Waals surface area contributed by atoms with Crippen LogP contribution in [-0.4, -0.2) is 25.3 Å². The number of aromatic nitrogens is 4. The third-order valence-electron chi connectivity index (χ3n) is 7.14. The van der Waals surface area contributed by atoms with Gasteiger partial charge in [-0.3, -0.25) is 0 Å². The van der Waals surface area contributed by atoms with E-state index < -0.39 is 0 Å². The van der Waals surface area contributed by atoms with Crippen molar-refractivity contribution in [1.29, 1.82) is 0 Å². The summed E-state index contributed by atoms with van der Waals surface area (Å²) in [6, 6.07) is 31.1. The fourth-order valence-corrected chi connectivity index (χ4v) is 5.22. The number of fused-ring (bicyclic) bond motifs is 6. The third-order valence-corrected chi connectivity index (χ3v) is 7.14. The Morgan fingerprint density at radius 1 is 0.923 bits per heavy atom. The maximum atomic E-state index is 6.38. The number of nitrogens with zero attached hydrogens (tertiary/aromatic N) is 5. The van der Waals surface area contributed by atoms with Gasteiger partial charge in [0.1, 0.15) is 12.1 Å². The summed E-state index contributed by atoms with van der Waals surface area (Å²) in [7, 11) is 0. The van der Waals surface area contributed by atoms with Gasteiger partial charge in [0.05, 0.1) is 11.3 Å². The van der Waals surface area contributed by atoms with Crippen LogP contribution in [0.5, 0.6) is 11.6 Å². The number of rotatable bonds is 5. The number of hydrogen-bond donors (Lipinski definition) is 0. The molecule has 1 atom stereocenters. The number of benzene rings is 4. The molecule has 0 N–H and O–H groups in total. The summed E-state index contributed by atoms with van der Waals surface area (Å²) in [6.45, 7) is 4.12. The Bertz CT molecular complexity index is 1860. The van der Waals surface area contributed by atoms with Gasteiger partial charge in [0.15, 0.2) is 18.1 Å². The normalized spacial score (nSPS) is 14.6. The van der Waals surface area contributed by atoms with E-state index in [9.17, 15) is 0 Å². The zero-order valence-electron chi connectivity index (χ0n) is 21.6. The van der Waals surface area contributed by atoms with Crippen LogP contribution in [0, 0.1) is 6.92 Å². The Labute approximate surface area is 225 Å². The molecule has 1 aliphatic rings. The number of oxime groups is 1. The maximum Gasteiger partial charge on any atom is 0.228 e. The molecule has 1 unspecified atom stereocenters. The van der Waals surface area contributed by atoms with Crippen LogP contribution in [0.4, 0.5) is 0 Å². The van der Waals surface area contributed by atoms with Gasteiger partial charge in [-0.1, -0.05) is 95.6 Å². The van der Waals surface area contributed by atoms with E-state index in [2.05, 4.69) is 88.9 Å². The summed E-state index contributed by atoms with van der Waals surface area (Å²) in [5.41, 5.74) is 6.80. The van der Waals surface area contributed by atoms with Gasteiger partial charge in [-0.25, -0.2) is 14.5 Å². The molecule has 39 heavy (non-hydrogen) atoms. The molecule has 7 nitrogen and oxygen atoms in total. The van der Waals surface area contributed by atoms with Crippen molar-refractivity contribution in [3.63, 3.8) is 0 Å². The smallest absolute Gasteiger partial charge is 0.228 e. The average Bonchev–Trinajstić information content (AvgIpc) is 3.40. The zero-order chi connectivity index (χ0) is 26.3. The molecule has 7 heteroatoms. The van der Waals surface area contributed by atoms with Crippen LogP contribution in [0.15, 0.2) is 102 Å². The minimum atomic E-state index is -0.132. The SMILES string of the molecule is C/C(=N/OCc1nc2c3c(ncn2n1)Oc1ccc2ccccc2c1C3c1ccccc1)c1ccc(C)cc1. The second-order valence-corrected chi connectivity index (χ2v) is 9.72. The first kappa shape index (κ1) is 23.1. The molecule has 0 saturated heterocycles. The second kappa shape index (κ2) is 9.36. The van der Waals surface area contributed by atoms with Crippen molar-refractivity contribution in [3.05, 3.63) is 131 Å². The Kier molecular flexibility index (Phi) is 5.55. The summed E-state index contributed by atoms with van der Waals surface area (Å²) < 4.78 is 8.08. The summed E-state index contributed by atoms with van der Waals surface area (Å²) >= 11 is 0. The molecular weight excluding hydrogens is 486 g/mol. The molecule has 3 heterocycles. The van der Waals surface area contributed by atoms with Crippen molar-refractivity contribution in [3.8, 4) is 11.6 Å². The van der Waals surface area contributed by atoms with Crippen LogP contribution in [0.1, 0.15) is 46.5 Å². The summed E-state index contributed by atoms with van der Waals surface area (Å²) in [5, 5.41) is 11.2. The fourth-order valence-electron chi connectivity index (χ4n) is 5.22. The van der Waals surface area contributed by atoms with Crippen molar-refractivity contribution in [2.24, 2.45) is 5.16 Å². The van der Waals surface area contributed by atoms with Crippen molar-refractivity contribution in [2.75, 3.05) is 0 Å². The zero-order valence-corrected chi connectivity index (χ0v) is 21.6. The number of hydrogen-bond acceptors (Lipinski definition) is 6. The summed E-state index contributed by atoms with van der Waals surface area (Å²) in [6.07, 6.45) is 1.64. The van der Waals surface area contributed by atoms with E-state index in [0.717, 1.165) is 44.5 Å². The predicted molar refractivity (Wildman–Crippen MR) is 150 cm³/mol. The lowest BCUT2D eigenvalue weighted by Crippen LogP contribution is -2.15. The highest BCUT2D eigenvalue weighted by Crippen LogP contribution is 2.50. The Hall–Kier alpha value is -5.04. The molecule has 6 aromatic rings. The highest BCUT2D eigenvalue weighted by atomic mass is 16.6. The van der Waals surface area contributed by atoms with Crippen LogP contribution in [0.3, 0.4) is 0 Å². The van der Waals surface area contributed by atoms with Gasteiger partial charge in [-0.15, -0.1) is 5.10 Å². The van der Waals surface area contributed by atoms with Gasteiger partial charge in [-0.05, 0) is 41.8 Å². The van der Waals surface area contributed by atoms with Gasteiger partial charge in [0, 0.05) is 11.5 Å². The van der Waals surface area contributed by atoms with Crippen LogP contribution >= 0.6 is 0 Å². The molecule has 0 aliphatic carbocycles. The lowest BCUT2D eigenvalue weighted by molar-refractivity contribution is 0.125. The molecular formula is C32H25N5O2. The fraction of sp³-hybridized carbons (Fsp3) is 0.125. The predicted octanol–water partition coefficient (Wildman–Crippen LogP) is 6.81. The first-order chi connectivity index (χ1) is 19.2. The monoisotopic (exact) mass is 511 g/mol. The van der Waals surface area contributed by atoms with E-state index in [1.54, 1.807) is 10.8 Å². The van der Waals surface area contributed by atoms with E-state index in [0.29, 0.717) is 17.4 Å². The largest absolute Gasteiger partial charge is 0.438 e. The molecule has 0 fully saturated rings. The number of ether oxygens (including phenoxy) is 1. The first-order valence-corrected chi connectivity index (χ1v) is 12.9. The van der Waals surface area contributed by atoms with Gasteiger partial charge in [0.2, 0.25) is 5.88 Å². The standard InChI is InChI=1S/C32H25N5O2/c1-20-12-14-22(15-13-20)21(2)36-38-18-27-34-31-30-28(24-9-4-3-5-10-24)29-25-11-7-6-8-23(25)16-17-26(29)39-32(30)33-19-37(31)35-27/h3-17,19,28H,18H2,1-2H3/b36-21-. The molecule has 1 aliphatic heterocycles. The third kappa shape index (κ3) is 4.08. The van der Waals surface area contributed by atoms with Crippen LogP contribution in [-0.2, 0) is 11.4 Å². The van der Waals surface area contributed by atoms with Crippen LogP contribution < -0.4 is 4.74 Å².